The zero-order valence-electron chi connectivity index (χ0n) is 6.99. The van der Waals surface area contributed by atoms with Crippen LogP contribution in [0.15, 0.2) is 22.7 Å². The first-order chi connectivity index (χ1) is 6.15. The molecule has 1 rings (SSSR count). The summed E-state index contributed by atoms with van der Waals surface area (Å²) in [5, 5.41) is 10.4. The van der Waals surface area contributed by atoms with Crippen molar-refractivity contribution in [3.8, 4) is 5.75 Å². The van der Waals surface area contributed by atoms with E-state index in [-0.39, 0.29) is 5.69 Å². The minimum absolute atomic E-state index is 0.0449. The number of nitrogens with zero attached hydrogens (tertiary/aromatic N) is 1. The highest BCUT2D eigenvalue weighted by Crippen LogP contribution is 2.28. The van der Waals surface area contributed by atoms with Crippen molar-refractivity contribution in [1.29, 1.82) is 0 Å². The van der Waals surface area contributed by atoms with Crippen LogP contribution in [0.3, 0.4) is 0 Å². The van der Waals surface area contributed by atoms with Gasteiger partial charge in [0.1, 0.15) is 5.75 Å². The Morgan fingerprint density at radius 2 is 2.31 bits per heavy atom. The van der Waals surface area contributed by atoms with E-state index in [1.165, 1.54) is 6.07 Å². The van der Waals surface area contributed by atoms with Gasteiger partial charge >= 0.3 is 0 Å². The van der Waals surface area contributed by atoms with E-state index in [4.69, 9.17) is 4.74 Å². The Hall–Kier alpha value is -1.10. The van der Waals surface area contributed by atoms with Crippen molar-refractivity contribution >= 4 is 21.6 Å². The molecule has 0 aliphatic rings. The lowest BCUT2D eigenvalue weighted by Gasteiger charge is -2.02. The first kappa shape index (κ1) is 9.98. The number of nitro benzene ring substituents is 1. The third kappa shape index (κ3) is 2.42. The molecule has 0 atom stereocenters. The summed E-state index contributed by atoms with van der Waals surface area (Å²) < 4.78 is 5.60. The van der Waals surface area contributed by atoms with Gasteiger partial charge in [0.2, 0.25) is 0 Å². The van der Waals surface area contributed by atoms with E-state index in [0.717, 1.165) is 0 Å². The molecule has 0 saturated heterocycles. The monoisotopic (exact) mass is 245 g/mol. The molecule has 70 valence electrons. The standard InChI is InChI=1S/C8H8BrNO3/c1-2-13-6-3-4-8(10(11)12)7(9)5-6/h3-5H,2H2,1H3. The average Bonchev–Trinajstić information content (AvgIpc) is 2.04. The summed E-state index contributed by atoms with van der Waals surface area (Å²) in [5.74, 6) is 0.625. The smallest absolute Gasteiger partial charge is 0.283 e. The number of nitro groups is 1. The molecule has 5 heteroatoms. The molecule has 0 radical (unpaired) electrons. The van der Waals surface area contributed by atoms with Gasteiger partial charge in [-0.05, 0) is 28.9 Å². The Morgan fingerprint density at radius 1 is 1.62 bits per heavy atom. The van der Waals surface area contributed by atoms with E-state index < -0.39 is 4.92 Å². The Kier molecular flexibility index (Phi) is 3.25. The Balaban J connectivity index is 2.98. The topological polar surface area (TPSA) is 52.4 Å². The minimum atomic E-state index is -0.445. The van der Waals surface area contributed by atoms with Crippen molar-refractivity contribution in [3.05, 3.63) is 32.8 Å². The van der Waals surface area contributed by atoms with E-state index in [0.29, 0.717) is 16.8 Å². The molecule has 0 spiro atoms. The van der Waals surface area contributed by atoms with Gasteiger partial charge in [-0.1, -0.05) is 0 Å². The SMILES string of the molecule is CCOc1ccc([N+](=O)[O-])c(Br)c1. The highest BCUT2D eigenvalue weighted by molar-refractivity contribution is 9.10. The Morgan fingerprint density at radius 3 is 2.77 bits per heavy atom. The second kappa shape index (κ2) is 4.23. The summed E-state index contributed by atoms with van der Waals surface area (Å²) in [4.78, 5) is 9.98. The van der Waals surface area contributed by atoms with Crippen molar-refractivity contribution in [2.75, 3.05) is 6.61 Å². The van der Waals surface area contributed by atoms with Crippen LogP contribution in [0.1, 0.15) is 6.92 Å². The van der Waals surface area contributed by atoms with Crippen molar-refractivity contribution < 1.29 is 9.66 Å². The van der Waals surface area contributed by atoms with Crippen LogP contribution in [0.4, 0.5) is 5.69 Å². The van der Waals surface area contributed by atoms with E-state index in [9.17, 15) is 10.1 Å². The quantitative estimate of drug-likeness (QED) is 0.608. The van der Waals surface area contributed by atoms with Gasteiger partial charge in [-0.3, -0.25) is 10.1 Å². The zero-order chi connectivity index (χ0) is 9.84. The van der Waals surface area contributed by atoms with Crippen LogP contribution in [0.25, 0.3) is 0 Å². The molecule has 0 aliphatic heterocycles. The van der Waals surface area contributed by atoms with E-state index in [1.54, 1.807) is 12.1 Å². The predicted molar refractivity (Wildman–Crippen MR) is 52.0 cm³/mol. The fraction of sp³-hybridized carbons (Fsp3) is 0.250. The minimum Gasteiger partial charge on any atom is -0.494 e. The normalized spacial score (nSPS) is 9.69. The van der Waals surface area contributed by atoms with Crippen LogP contribution in [0, 0.1) is 10.1 Å². The van der Waals surface area contributed by atoms with Crippen molar-refractivity contribution in [1.82, 2.24) is 0 Å². The van der Waals surface area contributed by atoms with Gasteiger partial charge in [0.05, 0.1) is 16.0 Å². The molecule has 0 aliphatic carbocycles. The van der Waals surface area contributed by atoms with E-state index in [1.807, 2.05) is 6.92 Å². The van der Waals surface area contributed by atoms with Crippen LogP contribution in [-0.4, -0.2) is 11.5 Å². The summed E-state index contributed by atoms with van der Waals surface area (Å²) in [6, 6.07) is 4.57. The van der Waals surface area contributed by atoms with Gasteiger partial charge in [0.15, 0.2) is 0 Å². The second-order valence-electron chi connectivity index (χ2n) is 2.30. The van der Waals surface area contributed by atoms with Gasteiger partial charge in [-0.15, -0.1) is 0 Å². The highest BCUT2D eigenvalue weighted by Gasteiger charge is 2.11. The fourth-order valence-electron chi connectivity index (χ4n) is 0.892. The van der Waals surface area contributed by atoms with Crippen molar-refractivity contribution in [2.24, 2.45) is 0 Å². The molecule has 0 amide bonds. The van der Waals surface area contributed by atoms with Crippen molar-refractivity contribution in [2.45, 2.75) is 6.92 Å². The zero-order valence-corrected chi connectivity index (χ0v) is 8.58. The van der Waals surface area contributed by atoms with Crippen molar-refractivity contribution in [3.63, 3.8) is 0 Å². The molecular formula is C8H8BrNO3. The molecule has 0 fully saturated rings. The molecular weight excluding hydrogens is 238 g/mol. The Bertz CT molecular complexity index is 327. The molecule has 0 unspecified atom stereocenters. The van der Waals surface area contributed by atoms with Gasteiger partial charge in [0.25, 0.3) is 5.69 Å². The second-order valence-corrected chi connectivity index (χ2v) is 3.16. The molecule has 0 aromatic heterocycles. The summed E-state index contributed by atoms with van der Waals surface area (Å²) in [6.07, 6.45) is 0. The molecule has 1 aromatic rings. The van der Waals surface area contributed by atoms with E-state index in [2.05, 4.69) is 15.9 Å². The first-order valence-corrected chi connectivity index (χ1v) is 4.51. The predicted octanol–water partition coefficient (Wildman–Crippen LogP) is 2.76. The van der Waals surface area contributed by atoms with Crippen LogP contribution in [0.5, 0.6) is 5.75 Å². The number of rotatable bonds is 3. The number of hydrogen-bond donors (Lipinski definition) is 0. The maximum Gasteiger partial charge on any atom is 0.283 e. The number of halogens is 1. The van der Waals surface area contributed by atoms with Crippen LogP contribution < -0.4 is 4.74 Å². The van der Waals surface area contributed by atoms with Gasteiger partial charge in [-0.2, -0.15) is 0 Å². The maximum absolute atomic E-state index is 10.4. The maximum atomic E-state index is 10.4. The molecule has 0 heterocycles. The van der Waals surface area contributed by atoms with Gasteiger partial charge < -0.3 is 4.74 Å². The largest absolute Gasteiger partial charge is 0.494 e. The summed E-state index contributed by atoms with van der Waals surface area (Å²) in [7, 11) is 0. The lowest BCUT2D eigenvalue weighted by Crippen LogP contribution is -1.93. The molecule has 13 heavy (non-hydrogen) atoms. The highest BCUT2D eigenvalue weighted by atomic mass is 79.9. The van der Waals surface area contributed by atoms with E-state index >= 15 is 0 Å². The summed E-state index contributed by atoms with van der Waals surface area (Å²) in [5.41, 5.74) is 0.0449. The molecule has 4 nitrogen and oxygen atoms in total. The van der Waals surface area contributed by atoms with Crippen LogP contribution in [-0.2, 0) is 0 Å². The third-order valence-corrected chi connectivity index (χ3v) is 2.06. The average molecular weight is 246 g/mol. The molecule has 1 aromatic carbocycles. The number of benzene rings is 1. The van der Waals surface area contributed by atoms with Crippen LogP contribution in [0.2, 0.25) is 0 Å². The third-order valence-electron chi connectivity index (χ3n) is 1.43. The number of hydrogen-bond acceptors (Lipinski definition) is 3. The van der Waals surface area contributed by atoms with Gasteiger partial charge in [0, 0.05) is 12.1 Å². The molecule has 0 N–H and O–H groups in total. The fourth-order valence-corrected chi connectivity index (χ4v) is 1.39. The van der Waals surface area contributed by atoms with Crippen LogP contribution >= 0.6 is 15.9 Å². The molecule has 0 saturated carbocycles. The summed E-state index contributed by atoms with van der Waals surface area (Å²) in [6.45, 7) is 2.40. The lowest BCUT2D eigenvalue weighted by molar-refractivity contribution is -0.385. The summed E-state index contributed by atoms with van der Waals surface area (Å²) >= 11 is 3.10. The Labute approximate surface area is 83.8 Å². The van der Waals surface area contributed by atoms with Gasteiger partial charge in [-0.25, -0.2) is 0 Å². The lowest BCUT2D eigenvalue weighted by atomic mass is 10.3. The molecule has 0 bridgehead atoms. The first-order valence-electron chi connectivity index (χ1n) is 3.72. The number of ether oxygens (including phenoxy) is 1.